The minimum absolute atomic E-state index is 0.207. The molecule has 0 bridgehead atoms. The van der Waals surface area contributed by atoms with E-state index in [-0.39, 0.29) is 19.0 Å². The van der Waals surface area contributed by atoms with Crippen molar-refractivity contribution >= 4 is 12.1 Å². The highest BCUT2D eigenvalue weighted by atomic mass is 16.5. The van der Waals surface area contributed by atoms with E-state index in [9.17, 15) is 14.7 Å². The molecule has 2 unspecified atom stereocenters. The number of carbonyl (C=O) groups is 2. The third-order valence-electron chi connectivity index (χ3n) is 3.74. The number of aliphatic carboxylic acids is 1. The van der Waals surface area contributed by atoms with Crippen molar-refractivity contribution in [1.82, 2.24) is 4.90 Å². The molecule has 1 aromatic rings. The lowest BCUT2D eigenvalue weighted by atomic mass is 9.81. The summed E-state index contributed by atoms with van der Waals surface area (Å²) in [7, 11) is 1.56. The zero-order valence-corrected chi connectivity index (χ0v) is 11.2. The highest BCUT2D eigenvalue weighted by Crippen LogP contribution is 2.33. The van der Waals surface area contributed by atoms with Crippen LogP contribution in [0.15, 0.2) is 24.3 Å². The van der Waals surface area contributed by atoms with Gasteiger partial charge in [0.15, 0.2) is 0 Å². The summed E-state index contributed by atoms with van der Waals surface area (Å²) in [5.74, 6) is -1.08. The van der Waals surface area contributed by atoms with Crippen LogP contribution in [-0.2, 0) is 4.79 Å². The van der Waals surface area contributed by atoms with Gasteiger partial charge in [-0.3, -0.25) is 4.79 Å². The van der Waals surface area contributed by atoms with Gasteiger partial charge in [0.2, 0.25) is 0 Å². The average Bonchev–Trinajstić information content (AvgIpc) is 2.46. The van der Waals surface area contributed by atoms with E-state index in [0.29, 0.717) is 12.2 Å². The highest BCUT2D eigenvalue weighted by Gasteiger charge is 2.36. The van der Waals surface area contributed by atoms with E-state index >= 15 is 0 Å². The van der Waals surface area contributed by atoms with Crippen LogP contribution in [0.5, 0.6) is 5.75 Å². The van der Waals surface area contributed by atoms with Crippen LogP contribution in [0.3, 0.4) is 0 Å². The lowest BCUT2D eigenvalue weighted by Gasteiger charge is -2.35. The minimum atomic E-state index is -1.01. The molecule has 1 aromatic carbocycles. The summed E-state index contributed by atoms with van der Waals surface area (Å²) in [6.07, 6.45) is -0.675. The van der Waals surface area contributed by atoms with Crippen molar-refractivity contribution < 1.29 is 24.5 Å². The van der Waals surface area contributed by atoms with E-state index in [1.807, 2.05) is 0 Å². The Morgan fingerprint density at radius 1 is 1.25 bits per heavy atom. The molecule has 2 rings (SSSR count). The van der Waals surface area contributed by atoms with E-state index in [2.05, 4.69) is 0 Å². The van der Waals surface area contributed by atoms with Crippen LogP contribution in [0.2, 0.25) is 0 Å². The van der Waals surface area contributed by atoms with E-state index in [4.69, 9.17) is 9.84 Å². The molecule has 2 N–H and O–H groups in total. The van der Waals surface area contributed by atoms with Gasteiger partial charge in [-0.1, -0.05) is 12.1 Å². The first-order valence-corrected chi connectivity index (χ1v) is 6.37. The number of ether oxygens (including phenoxy) is 1. The first-order chi connectivity index (χ1) is 9.52. The Kier molecular flexibility index (Phi) is 4.12. The summed E-state index contributed by atoms with van der Waals surface area (Å²) in [6.45, 7) is 0.470. The fourth-order valence-corrected chi connectivity index (χ4v) is 2.61. The first-order valence-electron chi connectivity index (χ1n) is 6.37. The number of hydrogen-bond donors (Lipinski definition) is 2. The summed E-state index contributed by atoms with van der Waals surface area (Å²) in [4.78, 5) is 23.7. The van der Waals surface area contributed by atoms with Gasteiger partial charge >= 0.3 is 12.1 Å². The maximum Gasteiger partial charge on any atom is 0.407 e. The molecule has 0 aromatic heterocycles. The summed E-state index contributed by atoms with van der Waals surface area (Å²) in [5.41, 5.74) is 0.823. The topological polar surface area (TPSA) is 87.1 Å². The van der Waals surface area contributed by atoms with Crippen LogP contribution < -0.4 is 4.74 Å². The lowest BCUT2D eigenvalue weighted by molar-refractivity contribution is -0.144. The normalized spacial score (nSPS) is 22.4. The van der Waals surface area contributed by atoms with E-state index in [0.717, 1.165) is 5.56 Å². The summed E-state index contributed by atoms with van der Waals surface area (Å²) < 4.78 is 5.07. The summed E-state index contributed by atoms with van der Waals surface area (Å²) in [5, 5.41) is 18.4. The number of nitrogens with zero attached hydrogens (tertiary/aromatic N) is 1. The second-order valence-electron chi connectivity index (χ2n) is 4.84. The number of likely N-dealkylation sites (tertiary alicyclic amines) is 1. The largest absolute Gasteiger partial charge is 0.497 e. The van der Waals surface area contributed by atoms with Crippen LogP contribution >= 0.6 is 0 Å². The van der Waals surface area contributed by atoms with Crippen LogP contribution in [0, 0.1) is 5.92 Å². The predicted octanol–water partition coefficient (Wildman–Crippen LogP) is 1.86. The van der Waals surface area contributed by atoms with Gasteiger partial charge < -0.3 is 19.8 Å². The maximum atomic E-state index is 11.3. The van der Waals surface area contributed by atoms with Crippen molar-refractivity contribution in [2.45, 2.75) is 12.3 Å². The molecule has 108 valence electrons. The Balaban J connectivity index is 2.25. The maximum absolute atomic E-state index is 11.3. The molecule has 0 spiro atoms. The molecule has 1 saturated heterocycles. The molecule has 1 fully saturated rings. The fraction of sp³-hybridized carbons (Fsp3) is 0.429. The van der Waals surface area contributed by atoms with E-state index in [1.54, 1.807) is 31.4 Å². The molecule has 20 heavy (non-hydrogen) atoms. The van der Waals surface area contributed by atoms with Gasteiger partial charge in [-0.25, -0.2) is 4.79 Å². The standard InChI is InChI=1S/C14H17NO5/c1-20-10-4-2-9(3-5-10)12-8-15(14(18)19)7-6-11(12)13(16)17/h2-5,11-12H,6-8H2,1H3,(H,16,17)(H,18,19). The molecule has 6 heteroatoms. The average molecular weight is 279 g/mol. The number of carboxylic acids is 1. The monoisotopic (exact) mass is 279 g/mol. The molecule has 6 nitrogen and oxygen atoms in total. The highest BCUT2D eigenvalue weighted by molar-refractivity contribution is 5.73. The molecule has 0 saturated carbocycles. The van der Waals surface area contributed by atoms with Gasteiger partial charge in [0.05, 0.1) is 13.0 Å². The third kappa shape index (κ3) is 2.84. The zero-order chi connectivity index (χ0) is 14.7. The van der Waals surface area contributed by atoms with Gasteiger partial charge in [0.25, 0.3) is 0 Å². The van der Waals surface area contributed by atoms with Crippen molar-refractivity contribution in [3.05, 3.63) is 29.8 Å². The zero-order valence-electron chi connectivity index (χ0n) is 11.2. The molecular weight excluding hydrogens is 262 g/mol. The Morgan fingerprint density at radius 3 is 2.40 bits per heavy atom. The van der Waals surface area contributed by atoms with Gasteiger partial charge in [-0.05, 0) is 24.1 Å². The number of rotatable bonds is 3. The van der Waals surface area contributed by atoms with Gasteiger partial charge in [0, 0.05) is 19.0 Å². The second kappa shape index (κ2) is 5.81. The molecule has 1 aliphatic heterocycles. The van der Waals surface area contributed by atoms with Crippen molar-refractivity contribution in [3.8, 4) is 5.75 Å². The Labute approximate surface area is 116 Å². The first kappa shape index (κ1) is 14.2. The molecule has 2 atom stereocenters. The number of carboxylic acid groups (broad SMARTS) is 2. The van der Waals surface area contributed by atoms with Crippen LogP contribution in [0.1, 0.15) is 17.9 Å². The van der Waals surface area contributed by atoms with E-state index < -0.39 is 18.0 Å². The minimum Gasteiger partial charge on any atom is -0.497 e. The molecule has 1 heterocycles. The Bertz CT molecular complexity index is 499. The predicted molar refractivity (Wildman–Crippen MR) is 71.1 cm³/mol. The lowest BCUT2D eigenvalue weighted by Crippen LogP contribution is -2.44. The molecule has 0 aliphatic carbocycles. The van der Waals surface area contributed by atoms with Crippen molar-refractivity contribution in [2.24, 2.45) is 5.92 Å². The summed E-state index contributed by atoms with van der Waals surface area (Å²) in [6, 6.07) is 7.11. The number of piperidine rings is 1. The number of amides is 1. The van der Waals surface area contributed by atoms with Crippen LogP contribution in [0.25, 0.3) is 0 Å². The molecule has 1 amide bonds. The van der Waals surface area contributed by atoms with Crippen molar-refractivity contribution in [3.63, 3.8) is 0 Å². The molecule has 1 aliphatic rings. The Morgan fingerprint density at radius 2 is 1.90 bits per heavy atom. The number of benzene rings is 1. The van der Waals surface area contributed by atoms with Gasteiger partial charge in [0.1, 0.15) is 5.75 Å². The smallest absolute Gasteiger partial charge is 0.407 e. The van der Waals surface area contributed by atoms with Crippen molar-refractivity contribution in [1.29, 1.82) is 0 Å². The fourth-order valence-electron chi connectivity index (χ4n) is 2.61. The van der Waals surface area contributed by atoms with Gasteiger partial charge in [-0.2, -0.15) is 0 Å². The second-order valence-corrected chi connectivity index (χ2v) is 4.84. The summed E-state index contributed by atoms with van der Waals surface area (Å²) >= 11 is 0. The number of methoxy groups -OCH3 is 1. The SMILES string of the molecule is COc1ccc(C2CN(C(=O)O)CCC2C(=O)O)cc1. The third-order valence-corrected chi connectivity index (χ3v) is 3.74. The van der Waals surface area contributed by atoms with Crippen LogP contribution in [-0.4, -0.2) is 47.4 Å². The number of hydrogen-bond acceptors (Lipinski definition) is 3. The van der Waals surface area contributed by atoms with Gasteiger partial charge in [-0.15, -0.1) is 0 Å². The van der Waals surface area contributed by atoms with Crippen LogP contribution in [0.4, 0.5) is 4.79 Å². The van der Waals surface area contributed by atoms with E-state index in [1.165, 1.54) is 4.90 Å². The Hall–Kier alpha value is -2.24. The molecule has 0 radical (unpaired) electrons. The molecular formula is C14H17NO5. The quantitative estimate of drug-likeness (QED) is 0.882. The van der Waals surface area contributed by atoms with Crippen molar-refractivity contribution in [2.75, 3.05) is 20.2 Å².